The Kier molecular flexibility index (Phi) is 15.7. The maximum Gasteiger partial charge on any atom is 1.00 e. The van der Waals surface area contributed by atoms with Crippen LogP contribution in [0.4, 0.5) is 0 Å². The van der Waals surface area contributed by atoms with Crippen molar-refractivity contribution in [3.8, 4) is 0 Å². The summed E-state index contributed by atoms with van der Waals surface area (Å²) in [5, 5.41) is 45.1. The fraction of sp³-hybridized carbons (Fsp3) is 0.600. The van der Waals surface area contributed by atoms with E-state index >= 15 is 0 Å². The zero-order valence-electron chi connectivity index (χ0n) is 7.71. The van der Waals surface area contributed by atoms with Crippen LogP contribution in [0.25, 0.3) is 0 Å². The Labute approximate surface area is 164 Å². The van der Waals surface area contributed by atoms with Crippen molar-refractivity contribution >= 4 is 11.9 Å². The summed E-state index contributed by atoms with van der Waals surface area (Å²) in [6, 6.07) is 0. The monoisotopic (exact) mass is 256 g/mol. The summed E-state index contributed by atoms with van der Waals surface area (Å²) >= 11 is 0. The quantitative estimate of drug-likeness (QED) is 0.424. The first-order chi connectivity index (χ1) is 5.37. The summed E-state index contributed by atoms with van der Waals surface area (Å²) in [7, 11) is 0. The third-order valence-corrected chi connectivity index (χ3v) is 1.13. The SMILES string of the molecule is O=C([O-])C(O)C(O)C(O)C(=O)[O-].[K+].[K+]. The summed E-state index contributed by atoms with van der Waals surface area (Å²) in [5.74, 6) is -4.16. The van der Waals surface area contributed by atoms with Crippen LogP contribution in [0, 0.1) is 0 Å². The van der Waals surface area contributed by atoms with Crippen LogP contribution in [0.3, 0.4) is 0 Å². The molecular weight excluding hydrogens is 250 g/mol. The maximum atomic E-state index is 9.82. The van der Waals surface area contributed by atoms with Gasteiger partial charge < -0.3 is 35.1 Å². The molecule has 7 nitrogen and oxygen atoms in total. The van der Waals surface area contributed by atoms with Gasteiger partial charge in [0.25, 0.3) is 0 Å². The van der Waals surface area contributed by atoms with E-state index in [0.717, 1.165) is 0 Å². The number of carbonyl (C=O) groups excluding carboxylic acids is 2. The second-order valence-corrected chi connectivity index (χ2v) is 2.02. The van der Waals surface area contributed by atoms with Gasteiger partial charge in [-0.2, -0.15) is 0 Å². The molecule has 0 saturated carbocycles. The van der Waals surface area contributed by atoms with E-state index in [0.29, 0.717) is 0 Å². The van der Waals surface area contributed by atoms with Gasteiger partial charge in [-0.25, -0.2) is 0 Å². The van der Waals surface area contributed by atoms with Gasteiger partial charge in [0.05, 0.1) is 11.9 Å². The average molecular weight is 256 g/mol. The Morgan fingerprint density at radius 2 is 1.07 bits per heavy atom. The molecule has 2 atom stereocenters. The van der Waals surface area contributed by atoms with Gasteiger partial charge in [0.15, 0.2) is 0 Å². The van der Waals surface area contributed by atoms with Crippen LogP contribution < -0.4 is 113 Å². The number of aliphatic carboxylic acids is 2. The summed E-state index contributed by atoms with van der Waals surface area (Å²) in [6.45, 7) is 0. The molecule has 0 saturated heterocycles. The molecule has 9 heteroatoms. The van der Waals surface area contributed by atoms with Gasteiger partial charge in [-0.3, -0.25) is 0 Å². The zero-order valence-corrected chi connectivity index (χ0v) is 14.0. The van der Waals surface area contributed by atoms with E-state index < -0.39 is 30.3 Å². The molecule has 0 fully saturated rings. The molecule has 3 N–H and O–H groups in total. The van der Waals surface area contributed by atoms with Crippen LogP contribution in [-0.2, 0) is 9.59 Å². The number of hydrogen-bond donors (Lipinski definition) is 3. The molecule has 0 aromatic heterocycles. The van der Waals surface area contributed by atoms with Crippen molar-refractivity contribution in [2.24, 2.45) is 0 Å². The summed E-state index contributed by atoms with van der Waals surface area (Å²) in [4.78, 5) is 19.6. The Morgan fingerprint density at radius 1 is 0.857 bits per heavy atom. The van der Waals surface area contributed by atoms with Gasteiger partial charge >= 0.3 is 103 Å². The molecule has 0 aromatic carbocycles. The number of carbonyl (C=O) groups is 2. The third-order valence-electron chi connectivity index (χ3n) is 1.13. The molecule has 2 unspecified atom stereocenters. The summed E-state index contributed by atoms with van der Waals surface area (Å²) < 4.78 is 0. The predicted octanol–water partition coefficient (Wildman–Crippen LogP) is -11.4. The van der Waals surface area contributed by atoms with Crippen LogP contribution in [-0.4, -0.2) is 45.6 Å². The molecule has 70 valence electrons. The molecule has 0 aliphatic rings. The van der Waals surface area contributed by atoms with E-state index in [1.54, 1.807) is 0 Å². The van der Waals surface area contributed by atoms with Crippen LogP contribution in [0.15, 0.2) is 0 Å². The molecule has 0 amide bonds. The molecule has 0 aromatic rings. The van der Waals surface area contributed by atoms with E-state index in [2.05, 4.69) is 0 Å². The van der Waals surface area contributed by atoms with Crippen molar-refractivity contribution in [3.05, 3.63) is 0 Å². The first-order valence-electron chi connectivity index (χ1n) is 2.84. The normalized spacial score (nSPS) is 15.4. The molecule has 0 radical (unpaired) electrons. The molecule has 0 heterocycles. The Balaban J connectivity index is -0.000000605. The van der Waals surface area contributed by atoms with Gasteiger partial charge in [-0.15, -0.1) is 0 Å². The van der Waals surface area contributed by atoms with Crippen LogP contribution in [0.5, 0.6) is 0 Å². The second-order valence-electron chi connectivity index (χ2n) is 2.02. The topological polar surface area (TPSA) is 141 Å². The minimum absolute atomic E-state index is 0. The fourth-order valence-corrected chi connectivity index (χ4v) is 0.452. The Hall–Kier alpha value is 2.09. The number of rotatable bonds is 4. The molecule has 0 aliphatic heterocycles. The first kappa shape index (κ1) is 21.4. The molecule has 0 aliphatic carbocycles. The second kappa shape index (κ2) is 10.3. The number of carboxylic acid groups (broad SMARTS) is 2. The number of aliphatic hydroxyl groups excluding tert-OH is 3. The van der Waals surface area contributed by atoms with E-state index in [9.17, 15) is 19.8 Å². The number of carboxylic acids is 2. The third kappa shape index (κ3) is 7.38. The van der Waals surface area contributed by atoms with Crippen molar-refractivity contribution in [2.75, 3.05) is 0 Å². The largest absolute Gasteiger partial charge is 1.00 e. The van der Waals surface area contributed by atoms with Crippen molar-refractivity contribution in [2.45, 2.75) is 18.3 Å². The van der Waals surface area contributed by atoms with Crippen LogP contribution >= 0.6 is 0 Å². The Bertz CT molecular complexity index is 177. The number of hydrogen-bond acceptors (Lipinski definition) is 7. The Morgan fingerprint density at radius 3 is 1.21 bits per heavy atom. The van der Waals surface area contributed by atoms with Crippen molar-refractivity contribution in [3.63, 3.8) is 0 Å². The van der Waals surface area contributed by atoms with Gasteiger partial charge in [0.1, 0.15) is 18.3 Å². The van der Waals surface area contributed by atoms with E-state index in [-0.39, 0.29) is 103 Å². The standard InChI is InChI=1S/C5H8O7.2K/c6-1(2(7)4(9)10)3(8)5(11)12;;/h1-3,6-8H,(H,9,10)(H,11,12);;/q;2*+1/p-2. The molecule has 0 bridgehead atoms. The van der Waals surface area contributed by atoms with Gasteiger partial charge in [-0.05, 0) is 0 Å². The van der Waals surface area contributed by atoms with Crippen molar-refractivity contribution in [1.82, 2.24) is 0 Å². The van der Waals surface area contributed by atoms with Crippen LogP contribution in [0.2, 0.25) is 0 Å². The van der Waals surface area contributed by atoms with Gasteiger partial charge in [0, 0.05) is 0 Å². The minimum atomic E-state index is -2.46. The van der Waals surface area contributed by atoms with Crippen molar-refractivity contribution < 1.29 is 138 Å². The van der Waals surface area contributed by atoms with E-state index in [1.807, 2.05) is 0 Å². The molecule has 0 spiro atoms. The smallest absolute Gasteiger partial charge is 0.547 e. The van der Waals surface area contributed by atoms with Crippen molar-refractivity contribution in [1.29, 1.82) is 0 Å². The first-order valence-corrected chi connectivity index (χ1v) is 2.84. The fourth-order valence-electron chi connectivity index (χ4n) is 0.452. The average Bonchev–Trinajstić information content (AvgIpc) is 2.00. The van der Waals surface area contributed by atoms with E-state index in [4.69, 9.17) is 15.3 Å². The van der Waals surface area contributed by atoms with Gasteiger partial charge in [-0.1, -0.05) is 0 Å². The van der Waals surface area contributed by atoms with Gasteiger partial charge in [0.2, 0.25) is 0 Å². The number of aliphatic hydroxyl groups is 3. The minimum Gasteiger partial charge on any atom is -0.547 e. The molecule has 0 rings (SSSR count). The van der Waals surface area contributed by atoms with Crippen LogP contribution in [0.1, 0.15) is 0 Å². The predicted molar refractivity (Wildman–Crippen MR) is 28.0 cm³/mol. The maximum absolute atomic E-state index is 9.82. The van der Waals surface area contributed by atoms with E-state index in [1.165, 1.54) is 0 Å². The zero-order chi connectivity index (χ0) is 9.89. The molecular formula is C5H6K2O7. The molecule has 14 heavy (non-hydrogen) atoms. The summed E-state index contributed by atoms with van der Waals surface area (Å²) in [5.41, 5.74) is 0. The summed E-state index contributed by atoms with van der Waals surface area (Å²) in [6.07, 6.45) is -7.28.